The Kier molecular flexibility index (Phi) is 3.63. The Balaban J connectivity index is 1.66. The fourth-order valence-electron chi connectivity index (χ4n) is 3.90. The van der Waals surface area contributed by atoms with Gasteiger partial charge in [0.25, 0.3) is 0 Å². The maximum Gasteiger partial charge on any atom is 0.242 e. The van der Waals surface area contributed by atoms with Crippen molar-refractivity contribution in [1.82, 2.24) is 15.0 Å². The van der Waals surface area contributed by atoms with Crippen LogP contribution < -0.4 is 10.0 Å². The first kappa shape index (κ1) is 15.1. The van der Waals surface area contributed by atoms with Crippen LogP contribution in [0.5, 0.6) is 0 Å². The molecule has 0 radical (unpaired) electrons. The molecule has 4 rings (SSSR count). The van der Waals surface area contributed by atoms with Crippen LogP contribution in [0.1, 0.15) is 31.2 Å². The summed E-state index contributed by atoms with van der Waals surface area (Å²) in [4.78, 5) is 4.63. The molecule has 2 aromatic rings. The van der Waals surface area contributed by atoms with Crippen LogP contribution in [0.4, 0.5) is 0 Å². The van der Waals surface area contributed by atoms with Crippen LogP contribution in [-0.4, -0.2) is 31.5 Å². The number of benzene rings is 1. The van der Waals surface area contributed by atoms with Crippen LogP contribution in [0, 0.1) is 6.92 Å². The quantitative estimate of drug-likeness (QED) is 0.903. The summed E-state index contributed by atoms with van der Waals surface area (Å²) in [7, 11) is -3.56. The third-order valence-corrected chi connectivity index (χ3v) is 6.45. The number of pyridine rings is 1. The summed E-state index contributed by atoms with van der Waals surface area (Å²) in [6, 6.07) is 8.21. The van der Waals surface area contributed by atoms with E-state index in [-0.39, 0.29) is 10.9 Å². The van der Waals surface area contributed by atoms with E-state index in [1.807, 2.05) is 19.1 Å². The van der Waals surface area contributed by atoms with Crippen molar-refractivity contribution in [2.45, 2.75) is 55.6 Å². The summed E-state index contributed by atoms with van der Waals surface area (Å²) >= 11 is 0. The molecule has 3 heterocycles. The molecule has 122 valence electrons. The summed E-state index contributed by atoms with van der Waals surface area (Å²) in [5, 5.41) is 4.39. The molecule has 0 spiro atoms. The van der Waals surface area contributed by atoms with Crippen LogP contribution in [0.3, 0.4) is 0 Å². The number of aryl methyl sites for hydroxylation is 1. The van der Waals surface area contributed by atoms with Gasteiger partial charge in [-0.15, -0.1) is 0 Å². The maximum atomic E-state index is 12.9. The molecule has 0 aliphatic carbocycles. The largest absolute Gasteiger partial charge is 0.311 e. The monoisotopic (exact) mass is 331 g/mol. The topological polar surface area (TPSA) is 71.1 Å². The number of hydrogen-bond acceptors (Lipinski definition) is 4. The number of nitrogens with one attached hydrogen (secondary N) is 2. The highest BCUT2D eigenvalue weighted by Gasteiger charge is 2.35. The van der Waals surface area contributed by atoms with E-state index in [4.69, 9.17) is 0 Å². The molecule has 2 aliphatic heterocycles. The van der Waals surface area contributed by atoms with Crippen LogP contribution >= 0.6 is 0 Å². The molecule has 2 atom stereocenters. The van der Waals surface area contributed by atoms with Gasteiger partial charge in [0.2, 0.25) is 10.0 Å². The summed E-state index contributed by atoms with van der Waals surface area (Å²) in [6.45, 7) is 1.96. The lowest BCUT2D eigenvalue weighted by Gasteiger charge is -2.29. The zero-order valence-electron chi connectivity index (χ0n) is 13.1. The molecule has 1 aromatic heterocycles. The number of nitrogens with zero attached hydrogens (tertiary/aromatic N) is 1. The predicted molar refractivity (Wildman–Crippen MR) is 89.8 cm³/mol. The highest BCUT2D eigenvalue weighted by atomic mass is 32.2. The Morgan fingerprint density at radius 3 is 2.70 bits per heavy atom. The number of hydrogen-bond donors (Lipinski definition) is 2. The first-order valence-electron chi connectivity index (χ1n) is 8.15. The molecule has 1 aromatic carbocycles. The van der Waals surface area contributed by atoms with Gasteiger partial charge in [0.1, 0.15) is 4.90 Å². The van der Waals surface area contributed by atoms with Crippen molar-refractivity contribution in [3.05, 3.63) is 36.0 Å². The molecule has 2 unspecified atom stereocenters. The Bertz CT molecular complexity index is 838. The highest BCUT2D eigenvalue weighted by Crippen LogP contribution is 2.28. The second-order valence-corrected chi connectivity index (χ2v) is 8.45. The average molecular weight is 331 g/mol. The Morgan fingerprint density at radius 2 is 1.96 bits per heavy atom. The van der Waals surface area contributed by atoms with Gasteiger partial charge >= 0.3 is 0 Å². The lowest BCUT2D eigenvalue weighted by Crippen LogP contribution is -2.47. The van der Waals surface area contributed by atoms with Crippen LogP contribution in [0.2, 0.25) is 0 Å². The van der Waals surface area contributed by atoms with Gasteiger partial charge in [0.15, 0.2) is 0 Å². The van der Waals surface area contributed by atoms with E-state index in [0.29, 0.717) is 17.6 Å². The van der Waals surface area contributed by atoms with E-state index >= 15 is 0 Å². The van der Waals surface area contributed by atoms with Gasteiger partial charge < -0.3 is 5.32 Å². The predicted octanol–water partition coefficient (Wildman–Crippen LogP) is 2.10. The molecule has 2 N–H and O–H groups in total. The maximum absolute atomic E-state index is 12.9. The first-order valence-corrected chi connectivity index (χ1v) is 9.63. The average Bonchev–Trinajstić information content (AvgIpc) is 2.84. The van der Waals surface area contributed by atoms with Crippen LogP contribution in [0.15, 0.2) is 35.4 Å². The van der Waals surface area contributed by atoms with Gasteiger partial charge in [0.05, 0.1) is 5.52 Å². The molecule has 2 fully saturated rings. The number of piperidine rings is 1. The van der Waals surface area contributed by atoms with Gasteiger partial charge in [0, 0.05) is 29.7 Å². The third-order valence-electron chi connectivity index (χ3n) is 4.90. The Hall–Kier alpha value is -1.50. The SMILES string of the molecule is Cc1cnc2c(S(=O)(=O)NC3CC4CCC(C3)N4)cccc2c1. The number of para-hydroxylation sites is 1. The molecular weight excluding hydrogens is 310 g/mol. The zero-order valence-corrected chi connectivity index (χ0v) is 13.9. The third kappa shape index (κ3) is 2.86. The molecular formula is C17H21N3O2S. The summed E-state index contributed by atoms with van der Waals surface area (Å²) < 4.78 is 28.6. The van der Waals surface area contributed by atoms with Crippen LogP contribution in [-0.2, 0) is 10.0 Å². The van der Waals surface area contributed by atoms with Crippen molar-refractivity contribution in [3.63, 3.8) is 0 Å². The molecule has 23 heavy (non-hydrogen) atoms. The lowest BCUT2D eigenvalue weighted by atomic mass is 10.0. The summed E-state index contributed by atoms with van der Waals surface area (Å²) in [6.07, 6.45) is 5.75. The Labute approximate surface area is 136 Å². The number of sulfonamides is 1. The van der Waals surface area contributed by atoms with E-state index in [1.165, 1.54) is 0 Å². The normalized spacial score (nSPS) is 27.4. The molecule has 2 saturated heterocycles. The van der Waals surface area contributed by atoms with E-state index in [1.54, 1.807) is 18.3 Å². The molecule has 0 amide bonds. The van der Waals surface area contributed by atoms with Crippen molar-refractivity contribution in [2.24, 2.45) is 0 Å². The van der Waals surface area contributed by atoms with E-state index < -0.39 is 10.0 Å². The standard InChI is InChI=1S/C17H21N3O2S/c1-11-7-12-3-2-4-16(17(12)18-10-11)23(21,22)20-15-8-13-5-6-14(9-15)19-13/h2-4,7,10,13-15,19-20H,5-6,8-9H2,1H3. The molecule has 0 saturated carbocycles. The smallest absolute Gasteiger partial charge is 0.242 e. The highest BCUT2D eigenvalue weighted by molar-refractivity contribution is 7.89. The van der Waals surface area contributed by atoms with Gasteiger partial charge in [-0.05, 0) is 50.3 Å². The second kappa shape index (κ2) is 5.54. The van der Waals surface area contributed by atoms with Gasteiger partial charge in [-0.25, -0.2) is 13.1 Å². The van der Waals surface area contributed by atoms with Gasteiger partial charge in [-0.3, -0.25) is 4.98 Å². The molecule has 2 bridgehead atoms. The van der Waals surface area contributed by atoms with E-state index in [0.717, 1.165) is 36.6 Å². The number of rotatable bonds is 3. The van der Waals surface area contributed by atoms with E-state index in [2.05, 4.69) is 15.0 Å². The second-order valence-electron chi connectivity index (χ2n) is 6.77. The van der Waals surface area contributed by atoms with Crippen molar-refractivity contribution in [2.75, 3.05) is 0 Å². The first-order chi connectivity index (χ1) is 11.0. The molecule has 6 heteroatoms. The Morgan fingerprint density at radius 1 is 1.22 bits per heavy atom. The zero-order chi connectivity index (χ0) is 16.0. The van der Waals surface area contributed by atoms with Crippen molar-refractivity contribution >= 4 is 20.9 Å². The fourth-order valence-corrected chi connectivity index (χ4v) is 5.34. The minimum Gasteiger partial charge on any atom is -0.311 e. The van der Waals surface area contributed by atoms with Crippen molar-refractivity contribution < 1.29 is 8.42 Å². The van der Waals surface area contributed by atoms with Gasteiger partial charge in [-0.2, -0.15) is 0 Å². The minimum atomic E-state index is -3.56. The lowest BCUT2D eigenvalue weighted by molar-refractivity contribution is 0.345. The minimum absolute atomic E-state index is 0.0134. The molecule has 5 nitrogen and oxygen atoms in total. The van der Waals surface area contributed by atoms with Crippen LogP contribution in [0.25, 0.3) is 10.9 Å². The number of aromatic nitrogens is 1. The molecule has 2 aliphatic rings. The summed E-state index contributed by atoms with van der Waals surface area (Å²) in [5.74, 6) is 0. The van der Waals surface area contributed by atoms with Gasteiger partial charge in [-0.1, -0.05) is 12.1 Å². The number of fused-ring (bicyclic) bond motifs is 3. The van der Waals surface area contributed by atoms with Crippen molar-refractivity contribution in [1.29, 1.82) is 0 Å². The van der Waals surface area contributed by atoms with E-state index in [9.17, 15) is 8.42 Å². The summed E-state index contributed by atoms with van der Waals surface area (Å²) in [5.41, 5.74) is 1.57. The van der Waals surface area contributed by atoms with Crippen molar-refractivity contribution in [3.8, 4) is 0 Å². The fraction of sp³-hybridized carbons (Fsp3) is 0.471.